The Hall–Kier alpha value is -2.50. The van der Waals surface area contributed by atoms with Crippen molar-refractivity contribution in [1.82, 2.24) is 4.90 Å². The molecule has 0 radical (unpaired) electrons. The number of carboxylic acids is 1. The zero-order valence-corrected chi connectivity index (χ0v) is 10.1. The fourth-order valence-corrected chi connectivity index (χ4v) is 1.30. The zero-order chi connectivity index (χ0) is 13.7. The SMILES string of the molecule is CN(C)C=CC(=C(C(N)=O)C(=O)O)c1ccco1. The Morgan fingerprint density at radius 3 is 2.50 bits per heavy atom. The van der Waals surface area contributed by atoms with E-state index in [1.54, 1.807) is 37.3 Å². The van der Waals surface area contributed by atoms with E-state index in [-0.39, 0.29) is 11.3 Å². The molecule has 0 saturated carbocycles. The molecule has 0 aliphatic heterocycles. The van der Waals surface area contributed by atoms with Crippen LogP contribution in [0.5, 0.6) is 0 Å². The highest BCUT2D eigenvalue weighted by Crippen LogP contribution is 2.21. The number of aliphatic carboxylic acids is 1. The van der Waals surface area contributed by atoms with Gasteiger partial charge in [0, 0.05) is 19.7 Å². The minimum Gasteiger partial charge on any atom is -0.477 e. The van der Waals surface area contributed by atoms with E-state index in [1.165, 1.54) is 12.3 Å². The predicted octanol–water partition coefficient (Wildman–Crippen LogP) is 0.678. The minimum atomic E-state index is -1.39. The smallest absolute Gasteiger partial charge is 0.342 e. The summed E-state index contributed by atoms with van der Waals surface area (Å²) in [5.41, 5.74) is 4.71. The maximum absolute atomic E-state index is 11.2. The Bertz CT molecular complexity index is 482. The Kier molecular flexibility index (Phi) is 4.31. The number of hydrogen-bond donors (Lipinski definition) is 2. The normalized spacial score (nSPS) is 12.3. The summed E-state index contributed by atoms with van der Waals surface area (Å²) in [4.78, 5) is 24.0. The molecule has 0 bridgehead atoms. The van der Waals surface area contributed by atoms with Crippen molar-refractivity contribution < 1.29 is 19.1 Å². The van der Waals surface area contributed by atoms with Crippen molar-refractivity contribution in [2.75, 3.05) is 14.1 Å². The second-order valence-electron chi connectivity index (χ2n) is 3.71. The van der Waals surface area contributed by atoms with E-state index in [0.717, 1.165) is 0 Å². The van der Waals surface area contributed by atoms with Gasteiger partial charge in [-0.05, 0) is 24.4 Å². The van der Waals surface area contributed by atoms with E-state index in [2.05, 4.69) is 0 Å². The molecule has 0 aliphatic carbocycles. The van der Waals surface area contributed by atoms with Crippen molar-refractivity contribution in [3.05, 3.63) is 42.0 Å². The first-order valence-electron chi connectivity index (χ1n) is 5.09. The van der Waals surface area contributed by atoms with Crippen LogP contribution in [0.15, 0.2) is 40.7 Å². The molecule has 0 aromatic carbocycles. The predicted molar refractivity (Wildman–Crippen MR) is 65.3 cm³/mol. The topological polar surface area (TPSA) is 96.8 Å². The monoisotopic (exact) mass is 250 g/mol. The Morgan fingerprint density at radius 1 is 1.44 bits per heavy atom. The highest BCUT2D eigenvalue weighted by Gasteiger charge is 2.21. The van der Waals surface area contributed by atoms with Crippen LogP contribution in [-0.2, 0) is 9.59 Å². The summed E-state index contributed by atoms with van der Waals surface area (Å²) < 4.78 is 5.11. The number of hydrogen-bond acceptors (Lipinski definition) is 4. The molecule has 1 aromatic rings. The van der Waals surface area contributed by atoms with Crippen molar-refractivity contribution in [2.45, 2.75) is 0 Å². The van der Waals surface area contributed by atoms with Crippen molar-refractivity contribution in [2.24, 2.45) is 5.73 Å². The van der Waals surface area contributed by atoms with E-state index in [1.807, 2.05) is 0 Å². The summed E-state index contributed by atoms with van der Waals surface area (Å²) in [6, 6.07) is 3.15. The van der Waals surface area contributed by atoms with E-state index in [4.69, 9.17) is 15.3 Å². The number of nitrogens with two attached hydrogens (primary N) is 1. The molecule has 0 atom stereocenters. The maximum atomic E-state index is 11.2. The molecule has 0 unspecified atom stereocenters. The first-order valence-corrected chi connectivity index (χ1v) is 5.09. The van der Waals surface area contributed by atoms with Crippen LogP contribution in [0, 0.1) is 0 Å². The van der Waals surface area contributed by atoms with Crippen LogP contribution in [0.2, 0.25) is 0 Å². The molecule has 6 heteroatoms. The zero-order valence-electron chi connectivity index (χ0n) is 10.1. The molecule has 0 fully saturated rings. The molecule has 1 aromatic heterocycles. The fourth-order valence-electron chi connectivity index (χ4n) is 1.30. The van der Waals surface area contributed by atoms with Gasteiger partial charge in [0.25, 0.3) is 5.91 Å². The third-order valence-electron chi connectivity index (χ3n) is 2.06. The maximum Gasteiger partial charge on any atom is 0.342 e. The van der Waals surface area contributed by atoms with Gasteiger partial charge in [-0.1, -0.05) is 0 Å². The van der Waals surface area contributed by atoms with Gasteiger partial charge in [0.2, 0.25) is 0 Å². The average Bonchev–Trinajstić information content (AvgIpc) is 2.75. The summed E-state index contributed by atoms with van der Waals surface area (Å²) >= 11 is 0. The number of carboxylic acid groups (broad SMARTS) is 1. The third-order valence-corrected chi connectivity index (χ3v) is 2.06. The van der Waals surface area contributed by atoms with E-state index in [9.17, 15) is 9.59 Å². The van der Waals surface area contributed by atoms with Crippen LogP contribution < -0.4 is 5.73 Å². The molecule has 6 nitrogen and oxygen atoms in total. The van der Waals surface area contributed by atoms with Crippen LogP contribution >= 0.6 is 0 Å². The van der Waals surface area contributed by atoms with Gasteiger partial charge >= 0.3 is 5.97 Å². The van der Waals surface area contributed by atoms with E-state index in [0.29, 0.717) is 0 Å². The summed E-state index contributed by atoms with van der Waals surface area (Å²) in [6.07, 6.45) is 4.45. The molecule has 0 aliphatic rings. The fraction of sp³-hybridized carbons (Fsp3) is 0.167. The third kappa shape index (κ3) is 3.24. The standard InChI is InChI=1S/C12H14N2O4/c1-14(2)6-5-8(9-4-3-7-18-9)10(11(13)15)12(16)17/h3-7H,1-2H3,(H2,13,15)(H,16,17). The van der Waals surface area contributed by atoms with Gasteiger partial charge in [0.1, 0.15) is 11.3 Å². The highest BCUT2D eigenvalue weighted by molar-refractivity contribution is 6.21. The van der Waals surface area contributed by atoms with Gasteiger partial charge in [-0.25, -0.2) is 4.79 Å². The van der Waals surface area contributed by atoms with Crippen LogP contribution in [0.3, 0.4) is 0 Å². The summed E-state index contributed by atoms with van der Waals surface area (Å²) in [5, 5.41) is 9.03. The number of nitrogens with zero attached hydrogens (tertiary/aromatic N) is 1. The molecule has 0 spiro atoms. The van der Waals surface area contributed by atoms with Crippen molar-refractivity contribution in [1.29, 1.82) is 0 Å². The first-order chi connectivity index (χ1) is 8.43. The molecular formula is C12H14N2O4. The lowest BCUT2D eigenvalue weighted by atomic mass is 10.1. The van der Waals surface area contributed by atoms with Gasteiger partial charge < -0.3 is 20.2 Å². The summed E-state index contributed by atoms with van der Waals surface area (Å²) in [5.74, 6) is -2.14. The van der Waals surface area contributed by atoms with Crippen molar-refractivity contribution >= 4 is 17.4 Å². The summed E-state index contributed by atoms with van der Waals surface area (Å²) in [7, 11) is 3.53. The van der Waals surface area contributed by atoms with Gasteiger partial charge in [-0.15, -0.1) is 0 Å². The quantitative estimate of drug-likeness (QED) is 0.346. The lowest BCUT2D eigenvalue weighted by molar-refractivity contribution is -0.134. The molecule has 1 amide bonds. The number of carbonyl (C=O) groups excluding carboxylic acids is 1. The highest BCUT2D eigenvalue weighted by atomic mass is 16.4. The molecule has 1 rings (SSSR count). The number of carbonyl (C=O) groups is 2. The van der Waals surface area contributed by atoms with Crippen molar-refractivity contribution in [3.8, 4) is 0 Å². The number of allylic oxidation sites excluding steroid dienone is 2. The molecule has 3 N–H and O–H groups in total. The number of primary amides is 1. The molecule has 0 saturated heterocycles. The summed E-state index contributed by atoms with van der Waals surface area (Å²) in [6.45, 7) is 0. The number of amides is 1. The molecular weight excluding hydrogens is 236 g/mol. The molecule has 96 valence electrons. The van der Waals surface area contributed by atoms with Crippen LogP contribution in [0.1, 0.15) is 5.76 Å². The van der Waals surface area contributed by atoms with Crippen LogP contribution in [0.25, 0.3) is 5.57 Å². The van der Waals surface area contributed by atoms with Crippen LogP contribution in [-0.4, -0.2) is 36.0 Å². The lowest BCUT2D eigenvalue weighted by Gasteiger charge is -2.07. The molecule has 1 heterocycles. The Labute approximate surface area is 104 Å². The molecule has 18 heavy (non-hydrogen) atoms. The van der Waals surface area contributed by atoms with Crippen molar-refractivity contribution in [3.63, 3.8) is 0 Å². The number of furan rings is 1. The lowest BCUT2D eigenvalue weighted by Crippen LogP contribution is -2.21. The Balaban J connectivity index is 3.39. The van der Waals surface area contributed by atoms with E-state index >= 15 is 0 Å². The van der Waals surface area contributed by atoms with Gasteiger partial charge in [0.05, 0.1) is 6.26 Å². The second-order valence-corrected chi connectivity index (χ2v) is 3.71. The minimum absolute atomic E-state index is 0.133. The first kappa shape index (κ1) is 13.6. The second kappa shape index (κ2) is 5.72. The van der Waals surface area contributed by atoms with Gasteiger partial charge in [-0.2, -0.15) is 0 Å². The number of rotatable bonds is 5. The van der Waals surface area contributed by atoms with E-state index < -0.39 is 17.4 Å². The average molecular weight is 250 g/mol. The van der Waals surface area contributed by atoms with Gasteiger partial charge in [0.15, 0.2) is 0 Å². The van der Waals surface area contributed by atoms with Crippen LogP contribution in [0.4, 0.5) is 0 Å². The Morgan fingerprint density at radius 2 is 2.11 bits per heavy atom. The van der Waals surface area contributed by atoms with Gasteiger partial charge in [-0.3, -0.25) is 4.79 Å². The largest absolute Gasteiger partial charge is 0.477 e.